The number of nitrogens with two attached hydrogens (primary N) is 1. The second-order valence-electron chi connectivity index (χ2n) is 3.97. The van der Waals surface area contributed by atoms with Crippen LogP contribution < -0.4 is 11.1 Å². The standard InChI is InChI=1S/C13H18N2O2/c1-2-6-11(13(14)17)15-12(16)9-10-7-4-3-5-8-10/h3-5,7-8,11H,2,6,9H2,1H3,(H2,14,17)(H,15,16). The van der Waals surface area contributed by atoms with Gasteiger partial charge in [-0.3, -0.25) is 9.59 Å². The van der Waals surface area contributed by atoms with Crippen LogP contribution in [-0.2, 0) is 16.0 Å². The van der Waals surface area contributed by atoms with Gasteiger partial charge in [-0.2, -0.15) is 0 Å². The predicted molar refractivity (Wildman–Crippen MR) is 66.2 cm³/mol. The molecule has 1 atom stereocenters. The van der Waals surface area contributed by atoms with Crippen molar-refractivity contribution in [1.29, 1.82) is 0 Å². The van der Waals surface area contributed by atoms with E-state index in [0.29, 0.717) is 6.42 Å². The van der Waals surface area contributed by atoms with Gasteiger partial charge in [0.2, 0.25) is 11.8 Å². The second kappa shape index (κ2) is 6.68. The van der Waals surface area contributed by atoms with E-state index >= 15 is 0 Å². The Morgan fingerprint density at radius 3 is 2.47 bits per heavy atom. The molecule has 0 aliphatic carbocycles. The Labute approximate surface area is 101 Å². The average molecular weight is 234 g/mol. The summed E-state index contributed by atoms with van der Waals surface area (Å²) in [5.41, 5.74) is 6.13. The highest BCUT2D eigenvalue weighted by Crippen LogP contribution is 2.01. The lowest BCUT2D eigenvalue weighted by molar-refractivity contribution is -0.127. The molecule has 0 aliphatic rings. The molecular formula is C13H18N2O2. The summed E-state index contributed by atoms with van der Waals surface area (Å²) in [5, 5.41) is 2.65. The smallest absolute Gasteiger partial charge is 0.239 e. The number of benzene rings is 1. The van der Waals surface area contributed by atoms with Crippen LogP contribution in [0.3, 0.4) is 0 Å². The number of rotatable bonds is 6. The lowest BCUT2D eigenvalue weighted by atomic mass is 10.1. The van der Waals surface area contributed by atoms with Crippen LogP contribution in [0.1, 0.15) is 25.3 Å². The molecule has 0 fully saturated rings. The number of carbonyl (C=O) groups is 2. The average Bonchev–Trinajstić information content (AvgIpc) is 2.29. The monoisotopic (exact) mass is 234 g/mol. The minimum absolute atomic E-state index is 0.173. The zero-order valence-corrected chi connectivity index (χ0v) is 9.98. The predicted octanol–water partition coefficient (Wildman–Crippen LogP) is 0.999. The summed E-state index contributed by atoms with van der Waals surface area (Å²) < 4.78 is 0. The molecule has 2 amide bonds. The first-order valence-electron chi connectivity index (χ1n) is 5.76. The van der Waals surface area contributed by atoms with E-state index in [2.05, 4.69) is 5.32 Å². The highest BCUT2D eigenvalue weighted by Gasteiger charge is 2.16. The highest BCUT2D eigenvalue weighted by atomic mass is 16.2. The highest BCUT2D eigenvalue weighted by molar-refractivity contribution is 5.87. The van der Waals surface area contributed by atoms with E-state index in [-0.39, 0.29) is 12.3 Å². The van der Waals surface area contributed by atoms with Gasteiger partial charge in [-0.15, -0.1) is 0 Å². The third-order valence-electron chi connectivity index (χ3n) is 2.46. The molecule has 4 nitrogen and oxygen atoms in total. The van der Waals surface area contributed by atoms with E-state index in [0.717, 1.165) is 12.0 Å². The second-order valence-corrected chi connectivity index (χ2v) is 3.97. The summed E-state index contributed by atoms with van der Waals surface area (Å²) in [6, 6.07) is 8.83. The molecule has 1 unspecified atom stereocenters. The molecule has 0 heterocycles. The molecule has 0 aliphatic heterocycles. The van der Waals surface area contributed by atoms with Crippen LogP contribution in [0.4, 0.5) is 0 Å². The van der Waals surface area contributed by atoms with Gasteiger partial charge in [-0.1, -0.05) is 43.7 Å². The largest absolute Gasteiger partial charge is 0.368 e. The Hall–Kier alpha value is -1.84. The SMILES string of the molecule is CCCC(NC(=O)Cc1ccccc1)C(N)=O. The van der Waals surface area contributed by atoms with Crippen LogP contribution in [0.15, 0.2) is 30.3 Å². The summed E-state index contributed by atoms with van der Waals surface area (Å²) in [6.45, 7) is 1.94. The van der Waals surface area contributed by atoms with Crippen molar-refractivity contribution in [2.75, 3.05) is 0 Å². The fraction of sp³-hybridized carbons (Fsp3) is 0.385. The van der Waals surface area contributed by atoms with E-state index in [4.69, 9.17) is 5.73 Å². The molecule has 0 spiro atoms. The molecule has 92 valence electrons. The van der Waals surface area contributed by atoms with Gasteiger partial charge in [0.1, 0.15) is 6.04 Å². The third kappa shape index (κ3) is 4.68. The van der Waals surface area contributed by atoms with Crippen molar-refractivity contribution in [3.05, 3.63) is 35.9 Å². The first kappa shape index (κ1) is 13.2. The number of hydrogen-bond acceptors (Lipinski definition) is 2. The van der Waals surface area contributed by atoms with Crippen molar-refractivity contribution in [1.82, 2.24) is 5.32 Å². The van der Waals surface area contributed by atoms with Crippen LogP contribution in [0, 0.1) is 0 Å². The van der Waals surface area contributed by atoms with Gasteiger partial charge >= 0.3 is 0 Å². The van der Waals surface area contributed by atoms with Gasteiger partial charge in [-0.25, -0.2) is 0 Å². The van der Waals surface area contributed by atoms with Crippen LogP contribution in [0.5, 0.6) is 0 Å². The van der Waals surface area contributed by atoms with Crippen molar-refractivity contribution < 1.29 is 9.59 Å². The first-order chi connectivity index (χ1) is 8.13. The van der Waals surface area contributed by atoms with E-state index < -0.39 is 11.9 Å². The lowest BCUT2D eigenvalue weighted by Gasteiger charge is -2.14. The maximum Gasteiger partial charge on any atom is 0.239 e. The van der Waals surface area contributed by atoms with Gasteiger partial charge in [0.15, 0.2) is 0 Å². The number of amides is 2. The van der Waals surface area contributed by atoms with Gasteiger partial charge < -0.3 is 11.1 Å². The van der Waals surface area contributed by atoms with Crippen LogP contribution in [0.25, 0.3) is 0 Å². The zero-order chi connectivity index (χ0) is 12.7. The van der Waals surface area contributed by atoms with Crippen molar-refractivity contribution in [3.8, 4) is 0 Å². The van der Waals surface area contributed by atoms with E-state index in [1.165, 1.54) is 0 Å². The van der Waals surface area contributed by atoms with Gasteiger partial charge in [0.05, 0.1) is 6.42 Å². The molecule has 3 N–H and O–H groups in total. The van der Waals surface area contributed by atoms with Crippen molar-refractivity contribution in [2.24, 2.45) is 5.73 Å². The topological polar surface area (TPSA) is 72.2 Å². The zero-order valence-electron chi connectivity index (χ0n) is 9.98. The van der Waals surface area contributed by atoms with Crippen LogP contribution >= 0.6 is 0 Å². The maximum absolute atomic E-state index is 11.7. The lowest BCUT2D eigenvalue weighted by Crippen LogP contribution is -2.44. The summed E-state index contributed by atoms with van der Waals surface area (Å²) in [7, 11) is 0. The third-order valence-corrected chi connectivity index (χ3v) is 2.46. The van der Waals surface area contributed by atoms with Crippen molar-refractivity contribution >= 4 is 11.8 Å². The van der Waals surface area contributed by atoms with Crippen molar-refractivity contribution in [3.63, 3.8) is 0 Å². The quantitative estimate of drug-likeness (QED) is 0.770. The molecule has 1 aromatic carbocycles. The Kier molecular flexibility index (Phi) is 5.20. The maximum atomic E-state index is 11.7. The van der Waals surface area contributed by atoms with E-state index in [1.807, 2.05) is 37.3 Å². The summed E-state index contributed by atoms with van der Waals surface area (Å²) in [6.07, 6.45) is 1.66. The molecule has 1 rings (SSSR count). The molecule has 1 aromatic rings. The Morgan fingerprint density at radius 2 is 1.94 bits per heavy atom. The fourth-order valence-electron chi connectivity index (χ4n) is 1.60. The normalized spacial score (nSPS) is 11.8. The van der Waals surface area contributed by atoms with Crippen LogP contribution in [-0.4, -0.2) is 17.9 Å². The van der Waals surface area contributed by atoms with Gasteiger partial charge in [0, 0.05) is 0 Å². The molecule has 4 heteroatoms. The van der Waals surface area contributed by atoms with Gasteiger partial charge in [0.25, 0.3) is 0 Å². The van der Waals surface area contributed by atoms with Crippen LogP contribution in [0.2, 0.25) is 0 Å². The first-order valence-corrected chi connectivity index (χ1v) is 5.76. The Bertz CT molecular complexity index is 376. The fourth-order valence-corrected chi connectivity index (χ4v) is 1.60. The molecule has 0 saturated heterocycles. The number of nitrogens with one attached hydrogen (secondary N) is 1. The van der Waals surface area contributed by atoms with E-state index in [9.17, 15) is 9.59 Å². The Morgan fingerprint density at radius 1 is 1.29 bits per heavy atom. The summed E-state index contributed by atoms with van der Waals surface area (Å²) >= 11 is 0. The minimum atomic E-state index is -0.559. The number of carbonyl (C=O) groups excluding carboxylic acids is 2. The van der Waals surface area contributed by atoms with Gasteiger partial charge in [-0.05, 0) is 12.0 Å². The molecule has 0 aromatic heterocycles. The molecule has 0 saturated carbocycles. The van der Waals surface area contributed by atoms with E-state index in [1.54, 1.807) is 0 Å². The molecule has 0 bridgehead atoms. The summed E-state index contributed by atoms with van der Waals surface area (Å²) in [4.78, 5) is 22.8. The number of hydrogen-bond donors (Lipinski definition) is 2. The molecule has 17 heavy (non-hydrogen) atoms. The molecule has 0 radical (unpaired) electrons. The summed E-state index contributed by atoms with van der Waals surface area (Å²) in [5.74, 6) is -0.651. The number of primary amides is 1. The molecular weight excluding hydrogens is 216 g/mol. The van der Waals surface area contributed by atoms with Crippen molar-refractivity contribution in [2.45, 2.75) is 32.2 Å². The Balaban J connectivity index is 2.51. The minimum Gasteiger partial charge on any atom is -0.368 e.